The van der Waals surface area contributed by atoms with Gasteiger partial charge in [0.2, 0.25) is 10.0 Å². The third-order valence-corrected chi connectivity index (χ3v) is 4.70. The van der Waals surface area contributed by atoms with Crippen LogP contribution in [0.3, 0.4) is 0 Å². The third-order valence-electron chi connectivity index (χ3n) is 3.41. The van der Waals surface area contributed by atoms with Crippen LogP contribution in [0.1, 0.15) is 30.9 Å². The Kier molecular flexibility index (Phi) is 4.43. The molecule has 5 nitrogen and oxygen atoms in total. The lowest BCUT2D eigenvalue weighted by Gasteiger charge is -2.23. The van der Waals surface area contributed by atoms with Gasteiger partial charge in [-0.3, -0.25) is 0 Å². The highest BCUT2D eigenvalue weighted by atomic mass is 32.2. The molecular weight excluding hydrogens is 276 g/mol. The predicted molar refractivity (Wildman–Crippen MR) is 75.4 cm³/mol. The molecule has 0 spiro atoms. The monoisotopic (exact) mass is 294 g/mol. The Hall–Kier alpha value is -1.42. The average molecular weight is 294 g/mol. The Balaban J connectivity index is 1.94. The second kappa shape index (κ2) is 5.92. The van der Waals surface area contributed by atoms with Gasteiger partial charge in [-0.25, -0.2) is 13.1 Å². The van der Waals surface area contributed by atoms with Gasteiger partial charge >= 0.3 is 0 Å². The molecule has 1 saturated heterocycles. The van der Waals surface area contributed by atoms with Crippen LogP contribution in [-0.4, -0.2) is 27.2 Å². The summed E-state index contributed by atoms with van der Waals surface area (Å²) in [6.45, 7) is 2.91. The molecule has 0 amide bonds. The SMILES string of the molecule is CC1(CNS(=O)(=O)Cc2ccc(C#N)cc2)CCCO1. The van der Waals surface area contributed by atoms with E-state index >= 15 is 0 Å². The van der Waals surface area contributed by atoms with Crippen LogP contribution in [0.15, 0.2) is 24.3 Å². The van der Waals surface area contributed by atoms with Crippen molar-refractivity contribution in [2.45, 2.75) is 31.1 Å². The Bertz CT molecular complexity index is 596. The number of ether oxygens (including phenoxy) is 1. The molecule has 1 fully saturated rings. The topological polar surface area (TPSA) is 79.2 Å². The summed E-state index contributed by atoms with van der Waals surface area (Å²) < 4.78 is 32.2. The number of nitrogens with one attached hydrogen (secondary N) is 1. The van der Waals surface area contributed by atoms with Crippen molar-refractivity contribution >= 4 is 10.0 Å². The molecule has 20 heavy (non-hydrogen) atoms. The van der Waals surface area contributed by atoms with Gasteiger partial charge in [-0.05, 0) is 37.5 Å². The lowest BCUT2D eigenvalue weighted by atomic mass is 10.0. The summed E-state index contributed by atoms with van der Waals surface area (Å²) in [5.41, 5.74) is 0.789. The number of benzene rings is 1. The summed E-state index contributed by atoms with van der Waals surface area (Å²) in [4.78, 5) is 0. The number of hydrogen-bond donors (Lipinski definition) is 1. The van der Waals surface area contributed by atoms with Gasteiger partial charge in [0.05, 0.1) is 23.0 Å². The maximum atomic E-state index is 12.0. The smallest absolute Gasteiger partial charge is 0.215 e. The first-order chi connectivity index (χ1) is 9.42. The second-order valence-corrected chi connectivity index (χ2v) is 7.10. The van der Waals surface area contributed by atoms with E-state index in [-0.39, 0.29) is 5.75 Å². The first-order valence-electron chi connectivity index (χ1n) is 6.53. The molecule has 1 heterocycles. The molecule has 1 aliphatic rings. The fourth-order valence-electron chi connectivity index (χ4n) is 2.18. The molecule has 6 heteroatoms. The van der Waals surface area contributed by atoms with Crippen molar-refractivity contribution in [1.82, 2.24) is 4.72 Å². The van der Waals surface area contributed by atoms with Crippen LogP contribution in [0.5, 0.6) is 0 Å². The van der Waals surface area contributed by atoms with Crippen LogP contribution in [-0.2, 0) is 20.5 Å². The molecule has 108 valence electrons. The molecular formula is C14H18N2O3S. The zero-order valence-electron chi connectivity index (χ0n) is 11.4. The highest BCUT2D eigenvalue weighted by Gasteiger charge is 2.31. The Morgan fingerprint density at radius 2 is 2.10 bits per heavy atom. The number of nitriles is 1. The van der Waals surface area contributed by atoms with Gasteiger partial charge in [0.15, 0.2) is 0 Å². The van der Waals surface area contributed by atoms with E-state index in [1.165, 1.54) is 0 Å². The summed E-state index contributed by atoms with van der Waals surface area (Å²) in [5.74, 6) is -0.0885. The van der Waals surface area contributed by atoms with Crippen LogP contribution in [0, 0.1) is 11.3 Å². The van der Waals surface area contributed by atoms with Crippen molar-refractivity contribution in [3.8, 4) is 6.07 Å². The molecule has 0 aromatic heterocycles. The molecule has 0 bridgehead atoms. The zero-order valence-corrected chi connectivity index (χ0v) is 12.2. The molecule has 0 aliphatic carbocycles. The van der Waals surface area contributed by atoms with Crippen molar-refractivity contribution in [3.63, 3.8) is 0 Å². The summed E-state index contributed by atoms with van der Waals surface area (Å²) in [6.07, 6.45) is 1.83. The molecule has 1 unspecified atom stereocenters. The van der Waals surface area contributed by atoms with Gasteiger partial charge < -0.3 is 4.74 Å². The zero-order chi connectivity index (χ0) is 14.6. The highest BCUT2D eigenvalue weighted by Crippen LogP contribution is 2.24. The number of hydrogen-bond acceptors (Lipinski definition) is 4. The van der Waals surface area contributed by atoms with Crippen molar-refractivity contribution < 1.29 is 13.2 Å². The number of sulfonamides is 1. The van der Waals surface area contributed by atoms with Crippen molar-refractivity contribution in [2.75, 3.05) is 13.2 Å². The minimum Gasteiger partial charge on any atom is -0.374 e. The van der Waals surface area contributed by atoms with E-state index in [9.17, 15) is 8.42 Å². The van der Waals surface area contributed by atoms with E-state index in [1.807, 2.05) is 13.0 Å². The van der Waals surface area contributed by atoms with E-state index in [0.29, 0.717) is 24.3 Å². The van der Waals surface area contributed by atoms with E-state index in [4.69, 9.17) is 10.00 Å². The molecule has 0 radical (unpaired) electrons. The molecule has 1 aliphatic heterocycles. The van der Waals surface area contributed by atoms with Gasteiger partial charge in [-0.1, -0.05) is 12.1 Å². The van der Waals surface area contributed by atoms with Crippen molar-refractivity contribution in [3.05, 3.63) is 35.4 Å². The Morgan fingerprint density at radius 1 is 1.40 bits per heavy atom. The van der Waals surface area contributed by atoms with E-state index < -0.39 is 15.6 Å². The van der Waals surface area contributed by atoms with Gasteiger partial charge in [-0.2, -0.15) is 5.26 Å². The summed E-state index contributed by atoms with van der Waals surface area (Å²) in [5, 5.41) is 8.70. The van der Waals surface area contributed by atoms with Crippen LogP contribution in [0.25, 0.3) is 0 Å². The molecule has 2 rings (SSSR count). The molecule has 1 aromatic carbocycles. The quantitative estimate of drug-likeness (QED) is 0.893. The summed E-state index contributed by atoms with van der Waals surface area (Å²) >= 11 is 0. The average Bonchev–Trinajstić information content (AvgIpc) is 2.85. The van der Waals surface area contributed by atoms with E-state index in [1.54, 1.807) is 24.3 Å². The van der Waals surface area contributed by atoms with Crippen molar-refractivity contribution in [2.24, 2.45) is 0 Å². The van der Waals surface area contributed by atoms with Gasteiger partial charge in [-0.15, -0.1) is 0 Å². The number of nitrogens with zero attached hydrogens (tertiary/aromatic N) is 1. The van der Waals surface area contributed by atoms with Crippen LogP contribution < -0.4 is 4.72 Å². The Morgan fingerprint density at radius 3 is 2.65 bits per heavy atom. The summed E-state index contributed by atoms with van der Waals surface area (Å²) in [7, 11) is -3.39. The molecule has 1 N–H and O–H groups in total. The maximum Gasteiger partial charge on any atom is 0.215 e. The standard InChI is InChI=1S/C14H18N2O3S/c1-14(7-2-8-19-14)11-16-20(17,18)10-13-5-3-12(9-15)4-6-13/h3-6,16H,2,7-8,10-11H2,1H3. The van der Waals surface area contributed by atoms with Gasteiger partial charge in [0.25, 0.3) is 0 Å². The molecule has 0 saturated carbocycles. The fraction of sp³-hybridized carbons (Fsp3) is 0.500. The van der Waals surface area contributed by atoms with Crippen molar-refractivity contribution in [1.29, 1.82) is 5.26 Å². The van der Waals surface area contributed by atoms with E-state index in [0.717, 1.165) is 12.8 Å². The van der Waals surface area contributed by atoms with Crippen LogP contribution in [0.2, 0.25) is 0 Å². The lowest BCUT2D eigenvalue weighted by molar-refractivity contribution is 0.0250. The normalized spacial score (nSPS) is 22.6. The van der Waals surface area contributed by atoms with Gasteiger partial charge in [0, 0.05) is 13.2 Å². The predicted octanol–water partition coefficient (Wildman–Crippen LogP) is 1.55. The first kappa shape index (κ1) is 15.0. The first-order valence-corrected chi connectivity index (χ1v) is 8.18. The lowest BCUT2D eigenvalue weighted by Crippen LogP contribution is -2.40. The minimum absolute atomic E-state index is 0.0885. The van der Waals surface area contributed by atoms with Gasteiger partial charge in [0.1, 0.15) is 0 Å². The maximum absolute atomic E-state index is 12.0. The van der Waals surface area contributed by atoms with E-state index in [2.05, 4.69) is 4.72 Å². The van der Waals surface area contributed by atoms with Crippen LogP contribution >= 0.6 is 0 Å². The fourth-order valence-corrected chi connectivity index (χ4v) is 3.44. The minimum atomic E-state index is -3.39. The molecule has 1 aromatic rings. The summed E-state index contributed by atoms with van der Waals surface area (Å²) in [6, 6.07) is 8.55. The number of rotatable bonds is 5. The molecule has 1 atom stereocenters. The highest BCUT2D eigenvalue weighted by molar-refractivity contribution is 7.88. The third kappa shape index (κ3) is 4.04. The van der Waals surface area contributed by atoms with Crippen LogP contribution in [0.4, 0.5) is 0 Å². The Labute approximate surface area is 119 Å². The largest absolute Gasteiger partial charge is 0.374 e. The second-order valence-electron chi connectivity index (χ2n) is 5.29.